The lowest BCUT2D eigenvalue weighted by atomic mass is 10.4. The number of furan rings is 1. The quantitative estimate of drug-likeness (QED) is 0.524. The Morgan fingerprint density at radius 1 is 1.12 bits per heavy atom. The molecule has 1 aromatic heterocycles. The van der Waals surface area contributed by atoms with Crippen LogP contribution in [0.3, 0.4) is 0 Å². The van der Waals surface area contributed by atoms with E-state index < -0.39 is 0 Å². The third-order valence-electron chi connectivity index (χ3n) is 2.22. The van der Waals surface area contributed by atoms with E-state index in [1.165, 1.54) is 25.5 Å². The van der Waals surface area contributed by atoms with Gasteiger partial charge in [-0.15, -0.1) is 0 Å². The third-order valence-corrected chi connectivity index (χ3v) is 2.22. The smallest absolute Gasteiger partial charge is 0.185 e. The number of hydrogen-bond donors (Lipinski definition) is 0. The molecule has 0 saturated carbocycles. The van der Waals surface area contributed by atoms with Crippen LogP contribution in [0.25, 0.3) is 0 Å². The second-order valence-corrected chi connectivity index (χ2v) is 3.63. The molecule has 3 rings (SSSR count). The Balaban J connectivity index is 0.000000239. The maximum atomic E-state index is 9.77. The van der Waals surface area contributed by atoms with Crippen LogP contribution in [0.4, 0.5) is 0 Å². The number of carbonyl (C=O) groups excluding carboxylic acids is 1. The Morgan fingerprint density at radius 3 is 2.06 bits per heavy atom. The third kappa shape index (κ3) is 7.12. The zero-order valence-electron chi connectivity index (χ0n) is 9.92. The summed E-state index contributed by atoms with van der Waals surface area (Å²) in [6.45, 7) is 0. The van der Waals surface area contributed by atoms with Crippen LogP contribution in [0.15, 0.2) is 59.3 Å². The molecule has 1 heterocycles. The Kier molecular flexibility index (Phi) is 7.32. The van der Waals surface area contributed by atoms with Crippen LogP contribution in [0, 0.1) is 0 Å². The minimum absolute atomic E-state index is 0. The van der Waals surface area contributed by atoms with E-state index in [1.807, 2.05) is 0 Å². The van der Waals surface area contributed by atoms with E-state index in [4.69, 9.17) is 0 Å². The molecule has 0 radical (unpaired) electrons. The molecule has 0 spiro atoms. The highest BCUT2D eigenvalue weighted by atomic mass is 16.3. The van der Waals surface area contributed by atoms with Gasteiger partial charge in [-0.25, -0.2) is 0 Å². The zero-order chi connectivity index (χ0) is 12.2. The predicted octanol–water partition coefficient (Wildman–Crippen LogP) is 4.57. The standard InChI is InChI=1S/C5H4O2.C5H8.C5H6.H2/c6-4-5-2-1-3-7-5;2*1-2-4-5-3-1;/h1-4H;1-2H,3-5H2;1-4H,5H2;1H. The monoisotopic (exact) mass is 232 g/mol. The lowest BCUT2D eigenvalue weighted by Gasteiger charge is -1.69. The predicted molar refractivity (Wildman–Crippen MR) is 72.1 cm³/mol. The highest BCUT2D eigenvalue weighted by Gasteiger charge is 1.85. The molecule has 0 fully saturated rings. The minimum Gasteiger partial charge on any atom is -0.462 e. The SMILES string of the molecule is C1=CCC=C1.C1=CCCC1.O=Cc1ccco1.[HH]. The normalized spacial score (nSPS) is 14.8. The van der Waals surface area contributed by atoms with Gasteiger partial charge < -0.3 is 4.42 Å². The van der Waals surface area contributed by atoms with Crippen molar-refractivity contribution < 1.29 is 10.6 Å². The molecule has 0 saturated heterocycles. The number of hydrogen-bond acceptors (Lipinski definition) is 2. The van der Waals surface area contributed by atoms with Crippen molar-refractivity contribution in [2.24, 2.45) is 0 Å². The average molecular weight is 232 g/mol. The molecular weight excluding hydrogens is 212 g/mol. The molecule has 92 valence electrons. The van der Waals surface area contributed by atoms with Crippen LogP contribution in [-0.2, 0) is 0 Å². The van der Waals surface area contributed by atoms with E-state index in [9.17, 15) is 4.79 Å². The number of allylic oxidation sites excluding steroid dienone is 6. The van der Waals surface area contributed by atoms with Crippen LogP contribution in [-0.4, -0.2) is 6.29 Å². The summed E-state index contributed by atoms with van der Waals surface area (Å²) in [5.41, 5.74) is 0. The van der Waals surface area contributed by atoms with Gasteiger partial charge in [0.2, 0.25) is 0 Å². The van der Waals surface area contributed by atoms with Gasteiger partial charge in [0.1, 0.15) is 0 Å². The molecule has 2 heteroatoms. The lowest BCUT2D eigenvalue weighted by molar-refractivity contribution is 0.110. The maximum absolute atomic E-state index is 9.77. The van der Waals surface area contributed by atoms with Crippen molar-refractivity contribution in [3.8, 4) is 0 Å². The van der Waals surface area contributed by atoms with E-state index in [2.05, 4.69) is 40.9 Å². The fourth-order valence-corrected chi connectivity index (χ4v) is 1.34. The van der Waals surface area contributed by atoms with Gasteiger partial charge >= 0.3 is 0 Å². The molecule has 0 bridgehead atoms. The van der Waals surface area contributed by atoms with Gasteiger partial charge in [0.05, 0.1) is 6.26 Å². The minimum atomic E-state index is 0. The van der Waals surface area contributed by atoms with Gasteiger partial charge in [0.15, 0.2) is 12.0 Å². The van der Waals surface area contributed by atoms with Gasteiger partial charge in [0, 0.05) is 1.43 Å². The summed E-state index contributed by atoms with van der Waals surface area (Å²) in [7, 11) is 0. The summed E-state index contributed by atoms with van der Waals surface area (Å²) in [6.07, 6.45) is 20.1. The first-order valence-corrected chi connectivity index (χ1v) is 5.89. The zero-order valence-corrected chi connectivity index (χ0v) is 9.92. The van der Waals surface area contributed by atoms with Crippen molar-refractivity contribution in [2.45, 2.75) is 25.7 Å². The summed E-state index contributed by atoms with van der Waals surface area (Å²) >= 11 is 0. The van der Waals surface area contributed by atoms with Gasteiger partial charge in [-0.05, 0) is 37.8 Å². The second-order valence-electron chi connectivity index (χ2n) is 3.63. The Bertz CT molecular complexity index is 359. The van der Waals surface area contributed by atoms with Crippen LogP contribution in [0.5, 0.6) is 0 Å². The molecular formula is C15H20O2. The summed E-state index contributed by atoms with van der Waals surface area (Å²) in [6, 6.07) is 3.27. The molecule has 0 unspecified atom stereocenters. The first-order chi connectivity index (χ1) is 8.43. The van der Waals surface area contributed by atoms with Crippen LogP contribution in [0.2, 0.25) is 0 Å². The number of aldehydes is 1. The Labute approximate surface area is 104 Å². The highest BCUT2D eigenvalue weighted by molar-refractivity contribution is 5.69. The molecule has 2 nitrogen and oxygen atoms in total. The van der Waals surface area contributed by atoms with E-state index in [0.717, 1.165) is 6.42 Å². The average Bonchev–Trinajstić information content (AvgIpc) is 3.13. The summed E-state index contributed by atoms with van der Waals surface area (Å²) in [5.74, 6) is 0.375. The molecule has 0 N–H and O–H groups in total. The Hall–Kier alpha value is -1.83. The molecule has 2 aliphatic carbocycles. The van der Waals surface area contributed by atoms with Crippen LogP contribution >= 0.6 is 0 Å². The van der Waals surface area contributed by atoms with Gasteiger partial charge in [-0.2, -0.15) is 0 Å². The molecule has 1 aromatic rings. The van der Waals surface area contributed by atoms with Crippen molar-refractivity contribution in [2.75, 3.05) is 0 Å². The first-order valence-electron chi connectivity index (χ1n) is 5.89. The van der Waals surface area contributed by atoms with Gasteiger partial charge in [-0.3, -0.25) is 4.79 Å². The van der Waals surface area contributed by atoms with Crippen molar-refractivity contribution in [1.29, 1.82) is 0 Å². The van der Waals surface area contributed by atoms with Crippen molar-refractivity contribution in [1.82, 2.24) is 0 Å². The number of rotatable bonds is 1. The first kappa shape index (κ1) is 13.2. The number of carbonyl (C=O) groups is 1. The summed E-state index contributed by atoms with van der Waals surface area (Å²) in [5, 5.41) is 0. The van der Waals surface area contributed by atoms with Crippen molar-refractivity contribution in [3.05, 3.63) is 60.6 Å². The van der Waals surface area contributed by atoms with E-state index in [-0.39, 0.29) is 1.43 Å². The molecule has 0 aliphatic heterocycles. The maximum Gasteiger partial charge on any atom is 0.185 e. The molecule has 0 atom stereocenters. The summed E-state index contributed by atoms with van der Waals surface area (Å²) < 4.78 is 4.61. The van der Waals surface area contributed by atoms with Gasteiger partial charge in [-0.1, -0.05) is 36.5 Å². The highest BCUT2D eigenvalue weighted by Crippen LogP contribution is 2.05. The largest absolute Gasteiger partial charge is 0.462 e. The Morgan fingerprint density at radius 2 is 1.82 bits per heavy atom. The fourth-order valence-electron chi connectivity index (χ4n) is 1.34. The van der Waals surface area contributed by atoms with Crippen LogP contribution < -0.4 is 0 Å². The van der Waals surface area contributed by atoms with Crippen molar-refractivity contribution >= 4 is 6.29 Å². The molecule has 0 amide bonds. The van der Waals surface area contributed by atoms with Crippen LogP contribution in [0.1, 0.15) is 37.7 Å². The molecule has 17 heavy (non-hydrogen) atoms. The topological polar surface area (TPSA) is 30.2 Å². The van der Waals surface area contributed by atoms with E-state index in [1.54, 1.807) is 12.1 Å². The van der Waals surface area contributed by atoms with E-state index >= 15 is 0 Å². The molecule has 2 aliphatic rings. The summed E-state index contributed by atoms with van der Waals surface area (Å²) in [4.78, 5) is 9.77. The lowest BCUT2D eigenvalue weighted by Crippen LogP contribution is -1.65. The second kappa shape index (κ2) is 9.40. The van der Waals surface area contributed by atoms with Crippen molar-refractivity contribution in [3.63, 3.8) is 0 Å². The van der Waals surface area contributed by atoms with E-state index in [0.29, 0.717) is 12.0 Å². The molecule has 0 aromatic carbocycles. The van der Waals surface area contributed by atoms with Gasteiger partial charge in [0.25, 0.3) is 0 Å². The fraction of sp³-hybridized carbons (Fsp3) is 0.267.